The molecule has 1 aromatic heterocycles. The smallest absolute Gasteiger partial charge is 0.265 e. The maximum absolute atomic E-state index is 12.5. The molecule has 2 aromatic rings. The number of fused-ring (bicyclic) bond motifs is 1. The number of nitrogens with zero attached hydrogens (tertiary/aromatic N) is 3. The van der Waals surface area contributed by atoms with Gasteiger partial charge in [-0.15, -0.1) is 11.3 Å². The molecule has 0 fully saturated rings. The van der Waals surface area contributed by atoms with E-state index in [2.05, 4.69) is 22.9 Å². The zero-order chi connectivity index (χ0) is 16.4. The van der Waals surface area contributed by atoms with Crippen molar-refractivity contribution in [3.63, 3.8) is 0 Å². The van der Waals surface area contributed by atoms with Crippen molar-refractivity contribution >= 4 is 22.9 Å². The Bertz CT molecular complexity index is 701. The molecule has 0 radical (unpaired) electrons. The van der Waals surface area contributed by atoms with Gasteiger partial charge in [0.25, 0.3) is 5.91 Å². The van der Waals surface area contributed by atoms with E-state index in [1.165, 1.54) is 11.3 Å². The van der Waals surface area contributed by atoms with Gasteiger partial charge in [0.2, 0.25) is 0 Å². The number of hydrogen-bond acceptors (Lipinski definition) is 5. The minimum Gasteiger partial charge on any atom is -0.485 e. The maximum Gasteiger partial charge on any atom is 0.265 e. The normalized spacial score (nSPS) is 16.7. The Morgan fingerprint density at radius 2 is 2.26 bits per heavy atom. The number of likely N-dealkylation sites (N-methyl/N-ethyl adjacent to an activating group) is 2. The van der Waals surface area contributed by atoms with E-state index in [4.69, 9.17) is 4.74 Å². The number of thiazole rings is 1. The van der Waals surface area contributed by atoms with E-state index in [1.807, 2.05) is 32.2 Å². The number of aryl methyl sites for hydroxylation is 1. The average molecular weight is 331 g/mol. The minimum atomic E-state index is -0.0352. The summed E-state index contributed by atoms with van der Waals surface area (Å²) in [4.78, 5) is 21.4. The molecule has 0 saturated heterocycles. The maximum atomic E-state index is 12.5. The topological polar surface area (TPSA) is 45.7 Å². The molecule has 0 spiro atoms. The first kappa shape index (κ1) is 15.8. The summed E-state index contributed by atoms with van der Waals surface area (Å²) in [7, 11) is 1.82. The van der Waals surface area contributed by atoms with E-state index in [0.717, 1.165) is 30.2 Å². The summed E-state index contributed by atoms with van der Waals surface area (Å²) < 4.78 is 6.08. The van der Waals surface area contributed by atoms with Crippen molar-refractivity contribution < 1.29 is 9.53 Å². The predicted molar refractivity (Wildman–Crippen MR) is 92.6 cm³/mol. The first-order valence-electron chi connectivity index (χ1n) is 7.76. The van der Waals surface area contributed by atoms with Crippen LogP contribution in [0.3, 0.4) is 0 Å². The summed E-state index contributed by atoms with van der Waals surface area (Å²) in [5, 5.41) is 0. The Labute approximate surface area is 140 Å². The molecule has 1 unspecified atom stereocenters. The fourth-order valence-corrected chi connectivity index (χ4v) is 3.64. The Morgan fingerprint density at radius 3 is 2.96 bits per heavy atom. The summed E-state index contributed by atoms with van der Waals surface area (Å²) in [5.74, 6) is 0.899. The van der Waals surface area contributed by atoms with Crippen molar-refractivity contribution in [3.8, 4) is 5.75 Å². The molecular weight excluding hydrogens is 310 g/mol. The lowest BCUT2D eigenvalue weighted by atomic mass is 10.2. The molecule has 1 aromatic carbocycles. The van der Waals surface area contributed by atoms with Crippen molar-refractivity contribution in [1.82, 2.24) is 9.88 Å². The van der Waals surface area contributed by atoms with E-state index in [0.29, 0.717) is 11.4 Å². The second kappa shape index (κ2) is 6.58. The van der Waals surface area contributed by atoms with Crippen LogP contribution in [0.4, 0.5) is 5.69 Å². The summed E-state index contributed by atoms with van der Waals surface area (Å²) >= 11 is 1.39. The van der Waals surface area contributed by atoms with Crippen LogP contribution in [0.5, 0.6) is 5.75 Å². The van der Waals surface area contributed by atoms with Crippen LogP contribution in [0.15, 0.2) is 29.8 Å². The van der Waals surface area contributed by atoms with E-state index in [1.54, 1.807) is 10.4 Å². The van der Waals surface area contributed by atoms with Gasteiger partial charge < -0.3 is 14.5 Å². The van der Waals surface area contributed by atoms with Crippen LogP contribution in [-0.4, -0.2) is 48.6 Å². The molecule has 0 N–H and O–H groups in total. The molecule has 3 rings (SSSR count). The number of aromatic nitrogens is 1. The third kappa shape index (κ3) is 3.17. The number of carbonyl (C=O) groups excluding carboxylic acids is 1. The van der Waals surface area contributed by atoms with Crippen molar-refractivity contribution in [1.29, 1.82) is 0 Å². The quantitative estimate of drug-likeness (QED) is 0.864. The highest BCUT2D eigenvalue weighted by atomic mass is 32.1. The third-order valence-corrected chi connectivity index (χ3v) is 4.99. The second-order valence-corrected chi connectivity index (χ2v) is 6.55. The number of benzene rings is 1. The SMILES string of the molecule is CCN1CC(CN(C)C(=O)c2scnc2C)Oc2ccccc21. The van der Waals surface area contributed by atoms with E-state index < -0.39 is 0 Å². The van der Waals surface area contributed by atoms with Gasteiger partial charge in [-0.1, -0.05) is 12.1 Å². The van der Waals surface area contributed by atoms with Crippen LogP contribution in [0, 0.1) is 6.92 Å². The van der Waals surface area contributed by atoms with Crippen molar-refractivity contribution in [2.75, 3.05) is 31.6 Å². The predicted octanol–water partition coefficient (Wildman–Crippen LogP) is 2.81. The molecule has 6 heteroatoms. The summed E-state index contributed by atoms with van der Waals surface area (Å²) in [6, 6.07) is 8.06. The molecule has 1 aliphatic heterocycles. The zero-order valence-corrected chi connectivity index (χ0v) is 14.5. The standard InChI is InChI=1S/C17H21N3O2S/c1-4-20-10-13(22-15-8-6-5-7-14(15)20)9-19(3)17(21)16-12(2)18-11-23-16/h5-8,11,13H,4,9-10H2,1-3H3. The first-order chi connectivity index (χ1) is 11.1. The van der Waals surface area contributed by atoms with Gasteiger partial charge in [-0.05, 0) is 26.0 Å². The van der Waals surface area contributed by atoms with Crippen molar-refractivity contribution in [2.24, 2.45) is 0 Å². The summed E-state index contributed by atoms with van der Waals surface area (Å²) in [5.41, 5.74) is 3.62. The van der Waals surface area contributed by atoms with E-state index in [-0.39, 0.29) is 12.0 Å². The largest absolute Gasteiger partial charge is 0.485 e. The Hall–Kier alpha value is -2.08. The number of anilines is 1. The lowest BCUT2D eigenvalue weighted by Gasteiger charge is -2.37. The monoisotopic (exact) mass is 331 g/mol. The van der Waals surface area contributed by atoms with Gasteiger partial charge in [0.15, 0.2) is 0 Å². The van der Waals surface area contributed by atoms with Gasteiger partial charge >= 0.3 is 0 Å². The van der Waals surface area contributed by atoms with Crippen LogP contribution in [0.25, 0.3) is 0 Å². The number of hydrogen-bond donors (Lipinski definition) is 0. The number of amides is 1. The number of carbonyl (C=O) groups is 1. The molecule has 1 amide bonds. The van der Waals surface area contributed by atoms with Crippen molar-refractivity contribution in [2.45, 2.75) is 20.0 Å². The van der Waals surface area contributed by atoms with E-state index in [9.17, 15) is 4.79 Å². The second-order valence-electron chi connectivity index (χ2n) is 5.70. The molecule has 23 heavy (non-hydrogen) atoms. The average Bonchev–Trinajstić information content (AvgIpc) is 2.99. The van der Waals surface area contributed by atoms with Crippen LogP contribution < -0.4 is 9.64 Å². The van der Waals surface area contributed by atoms with Crippen LogP contribution in [0.1, 0.15) is 22.3 Å². The van der Waals surface area contributed by atoms with Gasteiger partial charge in [0.1, 0.15) is 16.7 Å². The highest BCUT2D eigenvalue weighted by Gasteiger charge is 2.27. The van der Waals surface area contributed by atoms with Crippen molar-refractivity contribution in [3.05, 3.63) is 40.3 Å². The fourth-order valence-electron chi connectivity index (χ4n) is 2.84. The van der Waals surface area contributed by atoms with Crippen LogP contribution in [-0.2, 0) is 0 Å². The number of rotatable bonds is 4. The molecule has 0 bridgehead atoms. The number of ether oxygens (including phenoxy) is 1. The van der Waals surface area contributed by atoms with Gasteiger partial charge in [-0.25, -0.2) is 4.98 Å². The lowest BCUT2D eigenvalue weighted by molar-refractivity contribution is 0.0713. The highest BCUT2D eigenvalue weighted by molar-refractivity contribution is 7.11. The first-order valence-corrected chi connectivity index (χ1v) is 8.64. The van der Waals surface area contributed by atoms with E-state index >= 15 is 0 Å². The molecular formula is C17H21N3O2S. The molecule has 1 atom stereocenters. The summed E-state index contributed by atoms with van der Waals surface area (Å²) in [6.45, 7) is 6.26. The third-order valence-electron chi connectivity index (χ3n) is 4.07. The molecule has 2 heterocycles. The zero-order valence-electron chi connectivity index (χ0n) is 13.7. The van der Waals surface area contributed by atoms with Gasteiger partial charge in [0, 0.05) is 13.6 Å². The van der Waals surface area contributed by atoms with Gasteiger partial charge in [-0.2, -0.15) is 0 Å². The number of para-hydroxylation sites is 2. The van der Waals surface area contributed by atoms with Crippen LogP contribution in [0.2, 0.25) is 0 Å². The molecule has 0 saturated carbocycles. The Balaban J connectivity index is 1.71. The van der Waals surface area contributed by atoms with Gasteiger partial charge in [-0.3, -0.25) is 4.79 Å². The Morgan fingerprint density at radius 1 is 1.48 bits per heavy atom. The van der Waals surface area contributed by atoms with Gasteiger partial charge in [0.05, 0.1) is 30.0 Å². The minimum absolute atomic E-state index is 0.00973. The molecule has 0 aliphatic carbocycles. The fraction of sp³-hybridized carbons (Fsp3) is 0.412. The summed E-state index contributed by atoms with van der Waals surface area (Å²) in [6.07, 6.45) is -0.0352. The Kier molecular flexibility index (Phi) is 4.52. The molecule has 122 valence electrons. The van der Waals surface area contributed by atoms with Crippen LogP contribution >= 0.6 is 11.3 Å². The lowest BCUT2D eigenvalue weighted by Crippen LogP contribution is -2.46. The molecule has 1 aliphatic rings. The molecule has 5 nitrogen and oxygen atoms in total. The highest BCUT2D eigenvalue weighted by Crippen LogP contribution is 2.33.